The van der Waals surface area contributed by atoms with Crippen LogP contribution in [0.5, 0.6) is 17.2 Å². The number of nitrogens with zero attached hydrogens (tertiary/aromatic N) is 1. The Morgan fingerprint density at radius 1 is 1.19 bits per heavy atom. The van der Waals surface area contributed by atoms with E-state index in [1.54, 1.807) is 6.07 Å². The molecule has 0 spiro atoms. The van der Waals surface area contributed by atoms with E-state index in [9.17, 15) is 4.79 Å². The lowest BCUT2D eigenvalue weighted by Gasteiger charge is -2.15. The van der Waals surface area contributed by atoms with E-state index in [1.807, 2.05) is 0 Å². The van der Waals surface area contributed by atoms with Crippen molar-refractivity contribution in [1.82, 2.24) is 5.16 Å². The lowest BCUT2D eigenvalue weighted by Crippen LogP contribution is -1.97. The minimum atomic E-state index is -1.24. The highest BCUT2D eigenvalue weighted by Gasteiger charge is 2.24. The molecule has 1 aromatic carbocycles. The van der Waals surface area contributed by atoms with E-state index in [2.05, 4.69) is 5.16 Å². The van der Waals surface area contributed by atoms with Gasteiger partial charge in [0.1, 0.15) is 11.4 Å². The molecule has 1 N–H and O–H groups in total. The minimum absolute atomic E-state index is 0.200. The molecule has 0 radical (unpaired) electrons. The molecule has 0 amide bonds. The van der Waals surface area contributed by atoms with Gasteiger partial charge in [-0.3, -0.25) is 0 Å². The lowest BCUT2D eigenvalue weighted by molar-refractivity contribution is 0.0652. The fourth-order valence-electron chi connectivity index (χ4n) is 1.82. The fourth-order valence-corrected chi connectivity index (χ4v) is 2.13. The largest absolute Gasteiger partial charge is 0.495 e. The molecule has 7 nitrogen and oxygen atoms in total. The normalized spacial score (nSPS) is 10.3. The van der Waals surface area contributed by atoms with Gasteiger partial charge >= 0.3 is 5.97 Å². The number of halogens is 1. The Hall–Kier alpha value is -2.41. The van der Waals surface area contributed by atoms with Gasteiger partial charge in [0.05, 0.1) is 31.9 Å². The monoisotopic (exact) mass is 313 g/mol. The molecule has 0 unspecified atom stereocenters. The number of aromatic carboxylic acids is 1. The third-order valence-corrected chi connectivity index (χ3v) is 3.15. The molecule has 0 fully saturated rings. The maximum atomic E-state index is 10.9. The summed E-state index contributed by atoms with van der Waals surface area (Å²) in [6, 6.07) is 2.80. The van der Waals surface area contributed by atoms with E-state index in [-0.39, 0.29) is 16.5 Å². The molecule has 0 aliphatic rings. The van der Waals surface area contributed by atoms with E-state index < -0.39 is 5.97 Å². The summed E-state index contributed by atoms with van der Waals surface area (Å²) in [5.41, 5.74) is 0.526. The van der Waals surface area contributed by atoms with Crippen molar-refractivity contribution in [2.45, 2.75) is 0 Å². The number of ether oxygens (including phenoxy) is 3. The van der Waals surface area contributed by atoms with Gasteiger partial charge in [0.25, 0.3) is 0 Å². The quantitative estimate of drug-likeness (QED) is 0.907. The van der Waals surface area contributed by atoms with E-state index in [0.29, 0.717) is 22.8 Å². The van der Waals surface area contributed by atoms with Crippen molar-refractivity contribution < 1.29 is 28.6 Å². The molecule has 21 heavy (non-hydrogen) atoms. The average molecular weight is 314 g/mol. The second-order valence-electron chi connectivity index (χ2n) is 3.88. The van der Waals surface area contributed by atoms with Crippen molar-refractivity contribution in [2.75, 3.05) is 21.3 Å². The number of carboxylic acid groups (broad SMARTS) is 1. The van der Waals surface area contributed by atoms with Gasteiger partial charge in [-0.2, -0.15) is 0 Å². The second-order valence-corrected chi connectivity index (χ2v) is 4.26. The van der Waals surface area contributed by atoms with Gasteiger partial charge in [-0.15, -0.1) is 0 Å². The highest BCUT2D eigenvalue weighted by molar-refractivity contribution is 6.35. The predicted octanol–water partition coefficient (Wildman–Crippen LogP) is 2.72. The standard InChI is InChI=1S/C13H12ClNO6/c1-18-7-5-8(19-2)12(20-3)10(11(7)14)6-4-9(13(16)17)21-15-6/h4-5H,1-3H3,(H,16,17). The number of benzene rings is 1. The number of methoxy groups -OCH3 is 3. The van der Waals surface area contributed by atoms with Gasteiger partial charge in [0, 0.05) is 12.1 Å². The van der Waals surface area contributed by atoms with Gasteiger partial charge < -0.3 is 23.8 Å². The summed E-state index contributed by atoms with van der Waals surface area (Å²) in [6.45, 7) is 0. The van der Waals surface area contributed by atoms with Gasteiger partial charge in [-0.1, -0.05) is 16.8 Å². The first kappa shape index (κ1) is 15.0. The third kappa shape index (κ3) is 2.59. The zero-order valence-corrected chi connectivity index (χ0v) is 12.2. The second kappa shape index (κ2) is 5.92. The molecule has 0 aliphatic carbocycles. The zero-order chi connectivity index (χ0) is 15.6. The maximum absolute atomic E-state index is 10.9. The van der Waals surface area contributed by atoms with Crippen LogP contribution in [0.4, 0.5) is 0 Å². The van der Waals surface area contributed by atoms with E-state index in [4.69, 9.17) is 35.4 Å². The molecule has 8 heteroatoms. The molecule has 0 aliphatic heterocycles. The Labute approximate surface area is 125 Å². The molecule has 0 bridgehead atoms. The third-order valence-electron chi connectivity index (χ3n) is 2.77. The fraction of sp³-hybridized carbons (Fsp3) is 0.231. The van der Waals surface area contributed by atoms with Gasteiger partial charge in [0.15, 0.2) is 11.5 Å². The highest BCUT2D eigenvalue weighted by Crippen LogP contribution is 2.47. The summed E-state index contributed by atoms with van der Waals surface area (Å²) in [5.74, 6) is -0.546. The van der Waals surface area contributed by atoms with Gasteiger partial charge in [0.2, 0.25) is 5.76 Å². The summed E-state index contributed by atoms with van der Waals surface area (Å²) in [7, 11) is 4.34. The topological polar surface area (TPSA) is 91.0 Å². The number of carboxylic acids is 1. The van der Waals surface area contributed by atoms with Crippen LogP contribution >= 0.6 is 11.6 Å². The lowest BCUT2D eigenvalue weighted by atomic mass is 10.1. The Morgan fingerprint density at radius 3 is 2.33 bits per heavy atom. The van der Waals surface area contributed by atoms with Crippen LogP contribution in [-0.4, -0.2) is 37.6 Å². The molecular formula is C13H12ClNO6. The first-order valence-corrected chi connectivity index (χ1v) is 6.10. The van der Waals surface area contributed by atoms with Gasteiger partial charge in [-0.05, 0) is 0 Å². The van der Waals surface area contributed by atoms with Crippen molar-refractivity contribution in [2.24, 2.45) is 0 Å². The van der Waals surface area contributed by atoms with Crippen LogP contribution in [0.15, 0.2) is 16.7 Å². The van der Waals surface area contributed by atoms with Crippen LogP contribution in [0.25, 0.3) is 11.3 Å². The SMILES string of the molecule is COc1cc(OC)c(OC)c(-c2cc(C(=O)O)on2)c1Cl. The van der Waals surface area contributed by atoms with E-state index in [1.165, 1.54) is 27.4 Å². The Bertz CT molecular complexity index is 682. The van der Waals surface area contributed by atoms with Crippen molar-refractivity contribution in [3.05, 3.63) is 22.9 Å². The number of aromatic nitrogens is 1. The molecular weight excluding hydrogens is 302 g/mol. The summed E-state index contributed by atoms with van der Waals surface area (Å²) < 4.78 is 20.4. The van der Waals surface area contributed by atoms with Crippen molar-refractivity contribution in [3.63, 3.8) is 0 Å². The summed E-state index contributed by atoms with van der Waals surface area (Å²) in [5, 5.41) is 12.8. The van der Waals surface area contributed by atoms with Crippen LogP contribution in [0.3, 0.4) is 0 Å². The first-order valence-electron chi connectivity index (χ1n) is 5.72. The van der Waals surface area contributed by atoms with E-state index in [0.717, 1.165) is 0 Å². The molecule has 0 atom stereocenters. The summed E-state index contributed by atoms with van der Waals surface area (Å²) in [4.78, 5) is 10.9. The Morgan fingerprint density at radius 2 is 1.86 bits per heavy atom. The first-order chi connectivity index (χ1) is 10.0. The van der Waals surface area contributed by atoms with Crippen molar-refractivity contribution in [1.29, 1.82) is 0 Å². The number of rotatable bonds is 5. The molecule has 1 heterocycles. The zero-order valence-electron chi connectivity index (χ0n) is 11.5. The molecule has 2 rings (SSSR count). The smallest absolute Gasteiger partial charge is 0.374 e. The number of hydrogen-bond acceptors (Lipinski definition) is 6. The van der Waals surface area contributed by atoms with Crippen LogP contribution < -0.4 is 14.2 Å². The minimum Gasteiger partial charge on any atom is -0.495 e. The summed E-state index contributed by atoms with van der Waals surface area (Å²) in [6.07, 6.45) is 0. The maximum Gasteiger partial charge on any atom is 0.374 e. The van der Waals surface area contributed by atoms with Crippen LogP contribution in [-0.2, 0) is 0 Å². The van der Waals surface area contributed by atoms with Crippen molar-refractivity contribution in [3.8, 4) is 28.5 Å². The molecule has 2 aromatic rings. The van der Waals surface area contributed by atoms with Crippen LogP contribution in [0, 0.1) is 0 Å². The Kier molecular flexibility index (Phi) is 4.23. The summed E-state index contributed by atoms with van der Waals surface area (Å²) >= 11 is 6.26. The number of hydrogen-bond donors (Lipinski definition) is 1. The molecule has 112 valence electrons. The predicted molar refractivity (Wildman–Crippen MR) is 73.6 cm³/mol. The molecule has 1 aromatic heterocycles. The molecule has 0 saturated heterocycles. The molecule has 0 saturated carbocycles. The van der Waals surface area contributed by atoms with Crippen LogP contribution in [0.2, 0.25) is 5.02 Å². The average Bonchev–Trinajstić information content (AvgIpc) is 2.96. The van der Waals surface area contributed by atoms with Crippen molar-refractivity contribution >= 4 is 17.6 Å². The van der Waals surface area contributed by atoms with Crippen LogP contribution in [0.1, 0.15) is 10.6 Å². The highest BCUT2D eigenvalue weighted by atomic mass is 35.5. The van der Waals surface area contributed by atoms with E-state index >= 15 is 0 Å². The Balaban J connectivity index is 2.72. The number of carbonyl (C=O) groups is 1. The van der Waals surface area contributed by atoms with Gasteiger partial charge in [-0.25, -0.2) is 4.79 Å².